The van der Waals surface area contributed by atoms with Gasteiger partial charge in [-0.1, -0.05) is 28.4 Å². The van der Waals surface area contributed by atoms with E-state index in [-0.39, 0.29) is 12.5 Å². The number of rotatable bonds is 7. The van der Waals surface area contributed by atoms with Gasteiger partial charge in [0.05, 0.1) is 0 Å². The maximum atomic E-state index is 11.6. The van der Waals surface area contributed by atoms with E-state index in [1.807, 2.05) is 25.1 Å². The van der Waals surface area contributed by atoms with Gasteiger partial charge in [-0.2, -0.15) is 0 Å². The van der Waals surface area contributed by atoms with Gasteiger partial charge in [0.2, 0.25) is 0 Å². The number of halogens is 1. The Labute approximate surface area is 126 Å². The molecule has 6 heteroatoms. The Balaban J connectivity index is 2.20. The standard InChI is InChI=1S/C14H19BrN2O3/c1-10-6-7-11(9-12(10)15)17-14(20)16-8-4-2-3-5-13(18)19/h6-7,9H,2-5,8H2,1H3,(H,18,19)(H2,16,17,20). The Hall–Kier alpha value is -1.56. The van der Waals surface area contributed by atoms with Crippen molar-refractivity contribution in [3.63, 3.8) is 0 Å². The van der Waals surface area contributed by atoms with Crippen LogP contribution in [0.5, 0.6) is 0 Å². The molecule has 0 heterocycles. The van der Waals surface area contributed by atoms with Crippen LogP contribution >= 0.6 is 15.9 Å². The molecule has 0 aliphatic rings. The van der Waals surface area contributed by atoms with Crippen molar-refractivity contribution in [3.8, 4) is 0 Å². The zero-order valence-electron chi connectivity index (χ0n) is 11.4. The first-order chi connectivity index (χ1) is 9.49. The quantitative estimate of drug-likeness (QED) is 0.663. The molecule has 0 bridgehead atoms. The zero-order chi connectivity index (χ0) is 15.0. The van der Waals surface area contributed by atoms with Crippen molar-refractivity contribution in [2.24, 2.45) is 0 Å². The van der Waals surface area contributed by atoms with Crippen molar-refractivity contribution >= 4 is 33.6 Å². The van der Waals surface area contributed by atoms with Crippen molar-refractivity contribution in [1.29, 1.82) is 0 Å². The number of anilines is 1. The molecule has 0 aliphatic heterocycles. The monoisotopic (exact) mass is 342 g/mol. The van der Waals surface area contributed by atoms with Crippen molar-refractivity contribution < 1.29 is 14.7 Å². The second-order valence-electron chi connectivity index (χ2n) is 4.55. The Bertz CT molecular complexity index is 477. The second-order valence-corrected chi connectivity index (χ2v) is 5.40. The summed E-state index contributed by atoms with van der Waals surface area (Å²) in [6.07, 6.45) is 2.40. The molecule has 0 saturated carbocycles. The van der Waals surface area contributed by atoms with E-state index in [1.165, 1.54) is 0 Å². The van der Waals surface area contributed by atoms with Crippen LogP contribution < -0.4 is 10.6 Å². The highest BCUT2D eigenvalue weighted by molar-refractivity contribution is 9.10. The summed E-state index contributed by atoms with van der Waals surface area (Å²) < 4.78 is 0.948. The number of hydrogen-bond acceptors (Lipinski definition) is 2. The van der Waals surface area contributed by atoms with Crippen molar-refractivity contribution in [3.05, 3.63) is 28.2 Å². The Morgan fingerprint density at radius 2 is 2.00 bits per heavy atom. The van der Waals surface area contributed by atoms with Crippen molar-refractivity contribution in [1.82, 2.24) is 5.32 Å². The van der Waals surface area contributed by atoms with E-state index < -0.39 is 5.97 Å². The summed E-state index contributed by atoms with van der Waals surface area (Å²) in [6, 6.07) is 5.36. The van der Waals surface area contributed by atoms with Gasteiger partial charge >= 0.3 is 12.0 Å². The highest BCUT2D eigenvalue weighted by Crippen LogP contribution is 2.20. The third-order valence-corrected chi connectivity index (χ3v) is 3.64. The zero-order valence-corrected chi connectivity index (χ0v) is 13.0. The number of carboxylic acid groups (broad SMARTS) is 1. The van der Waals surface area contributed by atoms with Crippen LogP contribution in [0, 0.1) is 6.92 Å². The smallest absolute Gasteiger partial charge is 0.319 e. The molecule has 0 radical (unpaired) electrons. The number of hydrogen-bond donors (Lipinski definition) is 3. The molecule has 0 saturated heterocycles. The van der Waals surface area contributed by atoms with Gasteiger partial charge in [0.25, 0.3) is 0 Å². The fourth-order valence-corrected chi connectivity index (χ4v) is 2.00. The molecule has 0 aliphatic carbocycles. The molecule has 110 valence electrons. The molecule has 2 amide bonds. The molecule has 0 fully saturated rings. The fourth-order valence-electron chi connectivity index (χ4n) is 1.63. The Kier molecular flexibility index (Phi) is 7.08. The SMILES string of the molecule is Cc1ccc(NC(=O)NCCCCCC(=O)O)cc1Br. The van der Waals surface area contributed by atoms with E-state index in [9.17, 15) is 9.59 Å². The molecule has 1 rings (SSSR count). The number of aryl methyl sites for hydroxylation is 1. The van der Waals surface area contributed by atoms with E-state index in [2.05, 4.69) is 26.6 Å². The van der Waals surface area contributed by atoms with Gasteiger partial charge in [-0.3, -0.25) is 4.79 Å². The number of urea groups is 1. The Morgan fingerprint density at radius 3 is 2.65 bits per heavy atom. The predicted molar refractivity (Wildman–Crippen MR) is 82.0 cm³/mol. The van der Waals surface area contributed by atoms with Gasteiger partial charge in [-0.05, 0) is 37.5 Å². The van der Waals surface area contributed by atoms with Gasteiger partial charge in [0.1, 0.15) is 0 Å². The van der Waals surface area contributed by atoms with Gasteiger partial charge in [-0.25, -0.2) is 4.79 Å². The van der Waals surface area contributed by atoms with Crippen LogP contribution in [-0.2, 0) is 4.79 Å². The molecule has 20 heavy (non-hydrogen) atoms. The average Bonchev–Trinajstić information content (AvgIpc) is 2.38. The minimum Gasteiger partial charge on any atom is -0.481 e. The van der Waals surface area contributed by atoms with Crippen LogP contribution in [0.3, 0.4) is 0 Å². The van der Waals surface area contributed by atoms with E-state index in [0.717, 1.165) is 28.6 Å². The third-order valence-electron chi connectivity index (χ3n) is 2.78. The van der Waals surface area contributed by atoms with E-state index >= 15 is 0 Å². The van der Waals surface area contributed by atoms with Crippen LogP contribution in [0.1, 0.15) is 31.2 Å². The second kappa shape index (κ2) is 8.58. The summed E-state index contributed by atoms with van der Waals surface area (Å²) in [6.45, 7) is 2.52. The summed E-state index contributed by atoms with van der Waals surface area (Å²) in [7, 11) is 0. The average molecular weight is 343 g/mol. The maximum Gasteiger partial charge on any atom is 0.319 e. The third kappa shape index (κ3) is 6.56. The molecule has 3 N–H and O–H groups in total. The highest BCUT2D eigenvalue weighted by atomic mass is 79.9. The lowest BCUT2D eigenvalue weighted by molar-refractivity contribution is -0.137. The summed E-state index contributed by atoms with van der Waals surface area (Å²) >= 11 is 3.41. The number of carbonyl (C=O) groups is 2. The highest BCUT2D eigenvalue weighted by Gasteiger charge is 2.03. The maximum absolute atomic E-state index is 11.6. The molecule has 1 aromatic rings. The van der Waals surface area contributed by atoms with Crippen molar-refractivity contribution in [2.75, 3.05) is 11.9 Å². The number of benzene rings is 1. The van der Waals surface area contributed by atoms with Gasteiger partial charge in [0.15, 0.2) is 0 Å². The minimum absolute atomic E-state index is 0.184. The molecular weight excluding hydrogens is 324 g/mol. The largest absolute Gasteiger partial charge is 0.481 e. The molecule has 0 spiro atoms. The first-order valence-electron chi connectivity index (χ1n) is 6.52. The van der Waals surface area contributed by atoms with Crippen molar-refractivity contribution in [2.45, 2.75) is 32.6 Å². The van der Waals surface area contributed by atoms with Gasteiger partial charge in [0, 0.05) is 23.1 Å². The number of amides is 2. The summed E-state index contributed by atoms with van der Waals surface area (Å²) in [5.41, 5.74) is 1.83. The molecule has 0 atom stereocenters. The molecular formula is C14H19BrN2O3. The van der Waals surface area contributed by atoms with Crippen LogP contribution in [0.4, 0.5) is 10.5 Å². The van der Waals surface area contributed by atoms with Crippen LogP contribution in [0.15, 0.2) is 22.7 Å². The first-order valence-corrected chi connectivity index (χ1v) is 7.31. The van der Waals surface area contributed by atoms with Gasteiger partial charge in [-0.15, -0.1) is 0 Å². The number of nitrogens with one attached hydrogen (secondary N) is 2. The van der Waals surface area contributed by atoms with Crippen LogP contribution in [0.2, 0.25) is 0 Å². The lowest BCUT2D eigenvalue weighted by Crippen LogP contribution is -2.29. The molecule has 0 unspecified atom stereocenters. The molecule has 0 aromatic heterocycles. The topological polar surface area (TPSA) is 78.4 Å². The number of aliphatic carboxylic acids is 1. The minimum atomic E-state index is -0.777. The number of unbranched alkanes of at least 4 members (excludes halogenated alkanes) is 2. The fraction of sp³-hybridized carbons (Fsp3) is 0.429. The Morgan fingerprint density at radius 1 is 1.25 bits per heavy atom. The normalized spacial score (nSPS) is 10.1. The summed E-state index contributed by atoms with van der Waals surface area (Å²) in [5.74, 6) is -0.777. The lowest BCUT2D eigenvalue weighted by atomic mass is 10.2. The first kappa shape index (κ1) is 16.5. The van der Waals surface area contributed by atoms with E-state index in [1.54, 1.807) is 0 Å². The summed E-state index contributed by atoms with van der Waals surface area (Å²) in [4.78, 5) is 21.9. The summed E-state index contributed by atoms with van der Waals surface area (Å²) in [5, 5.41) is 14.0. The predicted octanol–water partition coefficient (Wildman–Crippen LogP) is 3.52. The van der Waals surface area contributed by atoms with Crippen LogP contribution in [-0.4, -0.2) is 23.7 Å². The lowest BCUT2D eigenvalue weighted by Gasteiger charge is -2.08. The molecule has 5 nitrogen and oxygen atoms in total. The van der Waals surface area contributed by atoms with Gasteiger partial charge < -0.3 is 15.7 Å². The molecule has 1 aromatic carbocycles. The van der Waals surface area contributed by atoms with Crippen LogP contribution in [0.25, 0.3) is 0 Å². The number of carbonyl (C=O) groups excluding carboxylic acids is 1. The van der Waals surface area contributed by atoms with E-state index in [4.69, 9.17) is 5.11 Å². The van der Waals surface area contributed by atoms with E-state index in [0.29, 0.717) is 13.0 Å². The number of carboxylic acids is 1.